The van der Waals surface area contributed by atoms with E-state index in [4.69, 9.17) is 9.84 Å². The molecule has 104 valence electrons. The van der Waals surface area contributed by atoms with E-state index in [1.807, 2.05) is 0 Å². The molecule has 1 amide bonds. The first-order valence-corrected chi connectivity index (χ1v) is 5.03. The van der Waals surface area contributed by atoms with Gasteiger partial charge in [-0.1, -0.05) is 0 Å². The van der Waals surface area contributed by atoms with Gasteiger partial charge >= 0.3 is 18.1 Å². The van der Waals surface area contributed by atoms with Gasteiger partial charge in [0, 0.05) is 5.69 Å². The summed E-state index contributed by atoms with van der Waals surface area (Å²) in [5, 5.41) is 10.1. The zero-order valence-electron chi connectivity index (χ0n) is 9.75. The van der Waals surface area contributed by atoms with Crippen molar-refractivity contribution in [2.45, 2.75) is 13.1 Å². The van der Waals surface area contributed by atoms with Gasteiger partial charge in [0.15, 0.2) is 6.61 Å². The SMILES string of the molecule is Cc1cc(OCC(=O)O)ccc1NC(=O)C(F)(F)F. The zero-order valence-corrected chi connectivity index (χ0v) is 9.75. The Hall–Kier alpha value is -2.25. The lowest BCUT2D eigenvalue weighted by molar-refractivity contribution is -0.167. The number of halogens is 3. The van der Waals surface area contributed by atoms with Gasteiger partial charge in [-0.05, 0) is 30.7 Å². The normalized spacial score (nSPS) is 10.9. The van der Waals surface area contributed by atoms with E-state index in [0.29, 0.717) is 5.56 Å². The minimum Gasteiger partial charge on any atom is -0.482 e. The summed E-state index contributed by atoms with van der Waals surface area (Å²) < 4.78 is 41.0. The fraction of sp³-hybridized carbons (Fsp3) is 0.273. The first-order valence-electron chi connectivity index (χ1n) is 5.03. The second kappa shape index (κ2) is 5.59. The lowest BCUT2D eigenvalue weighted by Gasteiger charge is -2.11. The van der Waals surface area contributed by atoms with Crippen molar-refractivity contribution in [1.82, 2.24) is 0 Å². The highest BCUT2D eigenvalue weighted by Gasteiger charge is 2.38. The largest absolute Gasteiger partial charge is 0.482 e. The van der Waals surface area contributed by atoms with Gasteiger partial charge in [0.05, 0.1) is 0 Å². The van der Waals surface area contributed by atoms with E-state index < -0.39 is 24.7 Å². The minimum atomic E-state index is -4.97. The summed E-state index contributed by atoms with van der Waals surface area (Å²) in [4.78, 5) is 21.0. The molecular weight excluding hydrogens is 267 g/mol. The van der Waals surface area contributed by atoms with E-state index in [-0.39, 0.29) is 11.4 Å². The molecule has 0 unspecified atom stereocenters. The molecule has 0 aromatic heterocycles. The number of amides is 1. The Morgan fingerprint density at radius 1 is 1.37 bits per heavy atom. The highest BCUT2D eigenvalue weighted by molar-refractivity contribution is 5.95. The number of anilines is 1. The number of carbonyl (C=O) groups is 2. The summed E-state index contributed by atoms with van der Waals surface area (Å²) >= 11 is 0. The Morgan fingerprint density at radius 2 is 2.00 bits per heavy atom. The van der Waals surface area contributed by atoms with Crippen molar-refractivity contribution in [3.05, 3.63) is 23.8 Å². The van der Waals surface area contributed by atoms with Gasteiger partial charge in [-0.25, -0.2) is 4.79 Å². The van der Waals surface area contributed by atoms with Crippen LogP contribution in [0.25, 0.3) is 0 Å². The third-order valence-electron chi connectivity index (χ3n) is 2.07. The number of nitrogens with one attached hydrogen (secondary N) is 1. The quantitative estimate of drug-likeness (QED) is 0.882. The number of carboxylic acids is 1. The second-order valence-corrected chi connectivity index (χ2v) is 3.61. The van der Waals surface area contributed by atoms with Crippen LogP contribution in [0.15, 0.2) is 18.2 Å². The average molecular weight is 277 g/mol. The van der Waals surface area contributed by atoms with Gasteiger partial charge < -0.3 is 15.2 Å². The van der Waals surface area contributed by atoms with Crippen molar-refractivity contribution in [2.75, 3.05) is 11.9 Å². The van der Waals surface area contributed by atoms with E-state index >= 15 is 0 Å². The molecule has 0 fully saturated rings. The molecule has 0 aliphatic rings. The van der Waals surface area contributed by atoms with E-state index in [9.17, 15) is 22.8 Å². The number of carbonyl (C=O) groups excluding carboxylic acids is 1. The van der Waals surface area contributed by atoms with Gasteiger partial charge in [0.1, 0.15) is 5.75 Å². The molecule has 1 aromatic carbocycles. The molecule has 0 aliphatic carbocycles. The number of aliphatic carboxylic acids is 1. The maximum absolute atomic E-state index is 12.1. The molecule has 0 atom stereocenters. The van der Waals surface area contributed by atoms with Crippen molar-refractivity contribution in [3.8, 4) is 5.75 Å². The third-order valence-corrected chi connectivity index (χ3v) is 2.07. The number of benzene rings is 1. The lowest BCUT2D eigenvalue weighted by atomic mass is 10.2. The van der Waals surface area contributed by atoms with Crippen LogP contribution in [-0.2, 0) is 9.59 Å². The highest BCUT2D eigenvalue weighted by Crippen LogP contribution is 2.24. The number of carboxylic acid groups (broad SMARTS) is 1. The number of hydrogen-bond donors (Lipinski definition) is 2. The van der Waals surface area contributed by atoms with E-state index in [1.165, 1.54) is 25.1 Å². The van der Waals surface area contributed by atoms with Gasteiger partial charge in [-0.3, -0.25) is 4.79 Å². The van der Waals surface area contributed by atoms with Gasteiger partial charge in [0.2, 0.25) is 0 Å². The fourth-order valence-electron chi connectivity index (χ4n) is 1.20. The Bertz CT molecular complexity index is 499. The Morgan fingerprint density at radius 3 is 2.47 bits per heavy atom. The lowest BCUT2D eigenvalue weighted by Crippen LogP contribution is -2.30. The Balaban J connectivity index is 2.78. The van der Waals surface area contributed by atoms with Crippen molar-refractivity contribution in [2.24, 2.45) is 0 Å². The molecule has 0 bridgehead atoms. The molecule has 0 radical (unpaired) electrons. The number of rotatable bonds is 4. The van der Waals surface area contributed by atoms with Crippen molar-refractivity contribution in [1.29, 1.82) is 0 Å². The molecule has 0 aliphatic heterocycles. The van der Waals surface area contributed by atoms with E-state index in [0.717, 1.165) is 0 Å². The van der Waals surface area contributed by atoms with Gasteiger partial charge in [-0.15, -0.1) is 0 Å². The average Bonchev–Trinajstić information content (AvgIpc) is 2.28. The molecule has 8 heteroatoms. The molecule has 2 N–H and O–H groups in total. The van der Waals surface area contributed by atoms with Crippen LogP contribution in [0.1, 0.15) is 5.56 Å². The van der Waals surface area contributed by atoms with Crippen LogP contribution in [0, 0.1) is 6.92 Å². The third kappa shape index (κ3) is 4.49. The molecule has 1 aromatic rings. The number of ether oxygens (including phenoxy) is 1. The molecular formula is C11H10F3NO4. The summed E-state index contributed by atoms with van der Waals surface area (Å²) in [6.07, 6.45) is -4.97. The van der Waals surface area contributed by atoms with Gasteiger partial charge in [0.25, 0.3) is 0 Å². The molecule has 5 nitrogen and oxygen atoms in total. The van der Waals surface area contributed by atoms with E-state index in [2.05, 4.69) is 0 Å². The van der Waals surface area contributed by atoms with Crippen LogP contribution < -0.4 is 10.1 Å². The predicted octanol–water partition coefficient (Wildman–Crippen LogP) is 1.96. The van der Waals surface area contributed by atoms with Crippen molar-refractivity contribution < 1.29 is 32.6 Å². The van der Waals surface area contributed by atoms with Crippen LogP contribution >= 0.6 is 0 Å². The van der Waals surface area contributed by atoms with E-state index in [1.54, 1.807) is 5.32 Å². The fourth-order valence-corrected chi connectivity index (χ4v) is 1.20. The van der Waals surface area contributed by atoms with Crippen LogP contribution in [0.3, 0.4) is 0 Å². The maximum atomic E-state index is 12.1. The van der Waals surface area contributed by atoms with Crippen LogP contribution in [0.2, 0.25) is 0 Å². The van der Waals surface area contributed by atoms with Crippen LogP contribution in [0.5, 0.6) is 5.75 Å². The number of hydrogen-bond acceptors (Lipinski definition) is 3. The minimum absolute atomic E-state index is 0.0231. The smallest absolute Gasteiger partial charge is 0.471 e. The summed E-state index contributed by atoms with van der Waals surface area (Å²) in [6.45, 7) is 0.896. The molecule has 0 saturated carbocycles. The van der Waals surface area contributed by atoms with Crippen molar-refractivity contribution in [3.63, 3.8) is 0 Å². The second-order valence-electron chi connectivity index (χ2n) is 3.61. The first-order chi connectivity index (χ1) is 8.70. The summed E-state index contributed by atoms with van der Waals surface area (Å²) in [5.74, 6) is -3.06. The number of alkyl halides is 3. The first kappa shape index (κ1) is 14.8. The summed E-state index contributed by atoms with van der Waals surface area (Å²) in [5.41, 5.74) is 0.297. The molecule has 0 heterocycles. The van der Waals surface area contributed by atoms with Gasteiger partial charge in [-0.2, -0.15) is 13.2 Å². The Kier molecular flexibility index (Phi) is 4.36. The standard InChI is InChI=1S/C11H10F3NO4/c1-6-4-7(19-5-9(16)17)2-3-8(6)15-10(18)11(12,13)14/h2-4H,5H2,1H3,(H,15,18)(H,16,17). The topological polar surface area (TPSA) is 75.6 Å². The highest BCUT2D eigenvalue weighted by atomic mass is 19.4. The monoisotopic (exact) mass is 277 g/mol. The molecule has 0 spiro atoms. The molecule has 0 saturated heterocycles. The van der Waals surface area contributed by atoms with Crippen molar-refractivity contribution >= 4 is 17.6 Å². The molecule has 1 rings (SSSR count). The molecule has 19 heavy (non-hydrogen) atoms. The predicted molar refractivity (Wildman–Crippen MR) is 59.0 cm³/mol. The number of aryl methyl sites for hydroxylation is 1. The summed E-state index contributed by atoms with van der Waals surface area (Å²) in [7, 11) is 0. The Labute approximate surface area is 106 Å². The van der Waals surface area contributed by atoms with Crippen LogP contribution in [-0.4, -0.2) is 29.8 Å². The zero-order chi connectivity index (χ0) is 14.6. The summed E-state index contributed by atoms with van der Waals surface area (Å²) in [6, 6.07) is 3.80. The van der Waals surface area contributed by atoms with Crippen LogP contribution in [0.4, 0.5) is 18.9 Å². The maximum Gasteiger partial charge on any atom is 0.471 e.